The molecule has 0 aliphatic heterocycles. The van der Waals surface area contributed by atoms with Crippen molar-refractivity contribution >= 4 is 64.3 Å². The SMILES string of the molecule is CC(C)C[C@H](NC(=O)[C@H](CC(C)C)NC(=O)[C@H](CCC(=O)O)NC(=O)[C@H](Cc1c[nH]c2ccccc12)NC(=O)[C@@H](N)CCC(=O)O)C(=O)N[C@@H](CCCN=C(N)N)C(=O)O. The van der Waals surface area contributed by atoms with Crippen molar-refractivity contribution in [3.05, 3.63) is 36.0 Å². The maximum atomic E-state index is 14.0. The van der Waals surface area contributed by atoms with E-state index in [2.05, 4.69) is 36.6 Å². The van der Waals surface area contributed by atoms with Crippen LogP contribution in [0.4, 0.5) is 0 Å². The number of carboxylic acid groups (broad SMARTS) is 3. The van der Waals surface area contributed by atoms with Gasteiger partial charge in [-0.1, -0.05) is 45.9 Å². The summed E-state index contributed by atoms with van der Waals surface area (Å²) in [5, 5.41) is 41.8. The number of nitrogens with zero attached hydrogens (tertiary/aromatic N) is 1. The van der Waals surface area contributed by atoms with E-state index in [0.717, 1.165) is 10.9 Å². The molecule has 60 heavy (non-hydrogen) atoms. The number of aromatic amines is 1. The Morgan fingerprint density at radius 2 is 1.13 bits per heavy atom. The molecule has 1 aromatic carbocycles. The highest BCUT2D eigenvalue weighted by Gasteiger charge is 2.34. The molecule has 0 bridgehead atoms. The third kappa shape index (κ3) is 17.7. The lowest BCUT2D eigenvalue weighted by molar-refractivity contribution is -0.143. The van der Waals surface area contributed by atoms with Gasteiger partial charge in [-0.2, -0.15) is 0 Å². The molecular formula is C39H60N10O11. The third-order valence-corrected chi connectivity index (χ3v) is 9.26. The lowest BCUT2D eigenvalue weighted by atomic mass is 9.99. The van der Waals surface area contributed by atoms with Crippen LogP contribution in [0.1, 0.15) is 84.6 Å². The van der Waals surface area contributed by atoms with E-state index in [4.69, 9.17) is 22.3 Å². The van der Waals surface area contributed by atoms with Crippen LogP contribution < -0.4 is 43.8 Å². The van der Waals surface area contributed by atoms with E-state index >= 15 is 0 Å². The molecule has 21 heteroatoms. The number of H-pyrrole nitrogens is 1. The number of aromatic nitrogens is 1. The van der Waals surface area contributed by atoms with Gasteiger partial charge in [-0.3, -0.25) is 38.6 Å². The first-order valence-electron chi connectivity index (χ1n) is 19.7. The average molecular weight is 845 g/mol. The molecule has 0 aliphatic carbocycles. The van der Waals surface area contributed by atoms with Crippen molar-refractivity contribution in [1.29, 1.82) is 0 Å². The minimum absolute atomic E-state index is 0.0144. The molecule has 0 unspecified atom stereocenters. The molecule has 1 heterocycles. The van der Waals surface area contributed by atoms with Gasteiger partial charge >= 0.3 is 17.9 Å². The van der Waals surface area contributed by atoms with Crippen LogP contribution in [-0.2, 0) is 44.8 Å². The van der Waals surface area contributed by atoms with Gasteiger partial charge in [0.1, 0.15) is 30.2 Å². The van der Waals surface area contributed by atoms with Crippen LogP contribution in [0.2, 0.25) is 0 Å². The second kappa shape index (κ2) is 24.6. The number of guanidine groups is 1. The first kappa shape index (κ1) is 49.9. The zero-order valence-corrected chi connectivity index (χ0v) is 34.4. The van der Waals surface area contributed by atoms with E-state index in [1.54, 1.807) is 58.2 Å². The molecule has 0 spiro atoms. The molecule has 15 N–H and O–H groups in total. The number of hydrogen-bond donors (Lipinski definition) is 12. The summed E-state index contributed by atoms with van der Waals surface area (Å²) < 4.78 is 0. The minimum atomic E-state index is -1.54. The monoisotopic (exact) mass is 844 g/mol. The molecule has 2 aromatic rings. The Bertz CT molecular complexity index is 1840. The van der Waals surface area contributed by atoms with E-state index < -0.39 is 103 Å². The Balaban J connectivity index is 2.37. The Morgan fingerprint density at radius 3 is 1.67 bits per heavy atom. The Kier molecular flexibility index (Phi) is 20.5. The number of nitrogens with one attached hydrogen (secondary N) is 6. The average Bonchev–Trinajstić information content (AvgIpc) is 3.57. The maximum Gasteiger partial charge on any atom is 0.326 e. The van der Waals surface area contributed by atoms with Gasteiger partial charge in [0.05, 0.1) is 6.04 Å². The van der Waals surface area contributed by atoms with Crippen LogP contribution >= 0.6 is 0 Å². The Labute approximate surface area is 347 Å². The normalized spacial score (nSPS) is 14.2. The minimum Gasteiger partial charge on any atom is -0.481 e. The molecule has 1 aromatic heterocycles. The zero-order chi connectivity index (χ0) is 45.1. The summed E-state index contributed by atoms with van der Waals surface area (Å²) in [6, 6.07) is -0.901. The van der Waals surface area contributed by atoms with Crippen molar-refractivity contribution in [2.24, 2.45) is 34.0 Å². The van der Waals surface area contributed by atoms with E-state index in [9.17, 15) is 48.6 Å². The molecule has 6 atom stereocenters. The number of fused-ring (bicyclic) bond motifs is 1. The van der Waals surface area contributed by atoms with E-state index in [1.807, 2.05) is 0 Å². The van der Waals surface area contributed by atoms with E-state index in [1.165, 1.54) is 0 Å². The van der Waals surface area contributed by atoms with Gasteiger partial charge in [0.25, 0.3) is 0 Å². The highest BCUT2D eigenvalue weighted by molar-refractivity contribution is 5.97. The molecule has 5 amide bonds. The molecule has 0 aliphatic rings. The fourth-order valence-corrected chi connectivity index (χ4v) is 6.21. The number of rotatable bonds is 27. The molecule has 21 nitrogen and oxygen atoms in total. The smallest absolute Gasteiger partial charge is 0.326 e. The third-order valence-electron chi connectivity index (χ3n) is 9.26. The van der Waals surface area contributed by atoms with Gasteiger partial charge in [-0.25, -0.2) is 4.79 Å². The predicted octanol–water partition coefficient (Wildman–Crippen LogP) is -0.578. The van der Waals surface area contributed by atoms with Crippen molar-refractivity contribution < 1.29 is 53.7 Å². The molecule has 0 saturated heterocycles. The van der Waals surface area contributed by atoms with Crippen molar-refractivity contribution in [3.63, 3.8) is 0 Å². The van der Waals surface area contributed by atoms with Gasteiger partial charge in [-0.15, -0.1) is 0 Å². The Hall–Kier alpha value is -6.25. The highest BCUT2D eigenvalue weighted by Crippen LogP contribution is 2.20. The summed E-state index contributed by atoms with van der Waals surface area (Å²) in [5.74, 6) is -8.53. The van der Waals surface area contributed by atoms with Gasteiger partial charge in [0.2, 0.25) is 29.5 Å². The highest BCUT2D eigenvalue weighted by atomic mass is 16.4. The predicted molar refractivity (Wildman–Crippen MR) is 220 cm³/mol. The first-order valence-corrected chi connectivity index (χ1v) is 19.7. The number of aliphatic imine (C=N–C) groups is 1. The standard InChI is InChI=1S/C39H60N10O11/c1-20(2)16-28(35(56)46-27(38(59)60)10-7-15-43-39(41)42)49-36(57)29(17-21(3)4)48-34(55)26(12-14-32(52)53)45-37(58)30(47-33(54)24(40)11-13-31(50)51)18-22-19-44-25-9-6-5-8-23(22)25/h5-6,8-9,19-21,24,26-30,44H,7,10-18,40H2,1-4H3,(H,45,58)(H,46,56)(H,47,54)(H,48,55)(H,49,57)(H,50,51)(H,52,53)(H,59,60)(H4,41,42,43)/t24-,26-,27-,28-,29-,30-/m0/s1. The van der Waals surface area contributed by atoms with Crippen molar-refractivity contribution in [2.45, 2.75) is 122 Å². The lowest BCUT2D eigenvalue weighted by Gasteiger charge is -2.28. The number of aliphatic carboxylic acids is 3. The zero-order valence-electron chi connectivity index (χ0n) is 34.4. The molecule has 0 fully saturated rings. The summed E-state index contributed by atoms with van der Waals surface area (Å²) in [5.41, 5.74) is 17.9. The number of carbonyl (C=O) groups excluding carboxylic acids is 5. The van der Waals surface area contributed by atoms with Crippen molar-refractivity contribution in [1.82, 2.24) is 31.6 Å². The van der Waals surface area contributed by atoms with Gasteiger partial charge in [0.15, 0.2) is 5.96 Å². The molecular weight excluding hydrogens is 784 g/mol. The van der Waals surface area contributed by atoms with Crippen LogP contribution in [0.5, 0.6) is 0 Å². The number of nitrogens with two attached hydrogens (primary N) is 3. The number of hydrogen-bond acceptors (Lipinski definition) is 10. The van der Waals surface area contributed by atoms with Gasteiger partial charge < -0.3 is 64.1 Å². The molecule has 0 radical (unpaired) electrons. The summed E-state index contributed by atoms with van der Waals surface area (Å²) in [6.45, 7) is 7.25. The largest absolute Gasteiger partial charge is 0.481 e. The number of amides is 5. The molecule has 332 valence electrons. The fraction of sp³-hybridized carbons (Fsp3) is 0.564. The summed E-state index contributed by atoms with van der Waals surface area (Å²) in [7, 11) is 0. The van der Waals surface area contributed by atoms with Crippen molar-refractivity contribution in [2.75, 3.05) is 6.54 Å². The van der Waals surface area contributed by atoms with Gasteiger partial charge in [0, 0.05) is 42.9 Å². The molecule has 2 rings (SSSR count). The van der Waals surface area contributed by atoms with Gasteiger partial charge in [-0.05, 0) is 62.0 Å². The summed E-state index contributed by atoms with van der Waals surface area (Å²) in [4.78, 5) is 110. The fourth-order valence-electron chi connectivity index (χ4n) is 6.21. The second-order valence-corrected chi connectivity index (χ2v) is 15.4. The van der Waals surface area contributed by atoms with Crippen molar-refractivity contribution in [3.8, 4) is 0 Å². The van der Waals surface area contributed by atoms with Crippen LogP contribution in [-0.4, -0.2) is 117 Å². The van der Waals surface area contributed by atoms with E-state index in [0.29, 0.717) is 5.56 Å². The van der Waals surface area contributed by atoms with Crippen LogP contribution in [0, 0.1) is 11.8 Å². The maximum absolute atomic E-state index is 14.0. The lowest BCUT2D eigenvalue weighted by Crippen LogP contribution is -2.59. The molecule has 0 saturated carbocycles. The first-order chi connectivity index (χ1) is 28.2. The van der Waals surface area contributed by atoms with E-state index in [-0.39, 0.29) is 62.9 Å². The number of para-hydroxylation sites is 1. The summed E-state index contributed by atoms with van der Waals surface area (Å²) in [6.07, 6.45) is 0.236. The summed E-state index contributed by atoms with van der Waals surface area (Å²) >= 11 is 0. The van der Waals surface area contributed by atoms with Crippen LogP contribution in [0.15, 0.2) is 35.5 Å². The number of carbonyl (C=O) groups is 8. The number of benzene rings is 1. The van der Waals surface area contributed by atoms with Crippen LogP contribution in [0.3, 0.4) is 0 Å². The quantitative estimate of drug-likeness (QED) is 0.0304. The second-order valence-electron chi connectivity index (χ2n) is 15.4. The van der Waals surface area contributed by atoms with Crippen LogP contribution in [0.25, 0.3) is 10.9 Å². The Morgan fingerprint density at radius 1 is 0.650 bits per heavy atom. The topological polar surface area (TPSA) is 364 Å². The number of carboxylic acids is 3.